The summed E-state index contributed by atoms with van der Waals surface area (Å²) < 4.78 is 2.27. The van der Waals surface area contributed by atoms with Crippen molar-refractivity contribution in [3.05, 3.63) is 96.6 Å². The molecule has 0 spiro atoms. The molecule has 1 heterocycles. The molecule has 0 saturated carbocycles. The Labute approximate surface area is 146 Å². The van der Waals surface area contributed by atoms with Crippen molar-refractivity contribution in [3.63, 3.8) is 0 Å². The van der Waals surface area contributed by atoms with Crippen LogP contribution < -0.4 is 0 Å². The maximum absolute atomic E-state index is 9.04. The number of nitrogens with zero attached hydrogens (tertiary/aromatic N) is 2. The van der Waals surface area contributed by atoms with Crippen molar-refractivity contribution >= 4 is 17.0 Å². The van der Waals surface area contributed by atoms with Gasteiger partial charge in [0.25, 0.3) is 0 Å². The molecule has 0 amide bonds. The molecule has 0 atom stereocenters. The van der Waals surface area contributed by atoms with E-state index in [9.17, 15) is 0 Å². The van der Waals surface area contributed by atoms with Gasteiger partial charge in [-0.3, -0.25) is 0 Å². The number of hydrogen-bond acceptors (Lipinski definition) is 1. The quantitative estimate of drug-likeness (QED) is 0.436. The van der Waals surface area contributed by atoms with E-state index >= 15 is 0 Å². The standard InChI is InChI=1S/C23H16N2/c24-17-9-15-21-20-14-7-8-16-22(20)25(19-12-5-2-6-13-19)23(21)18-10-3-1-4-11-18/h1-16H. The molecule has 0 N–H and O–H groups in total. The molecule has 4 aromatic rings. The van der Waals surface area contributed by atoms with Gasteiger partial charge >= 0.3 is 0 Å². The molecular weight excluding hydrogens is 304 g/mol. The van der Waals surface area contributed by atoms with Crippen LogP contribution in [0.3, 0.4) is 0 Å². The summed E-state index contributed by atoms with van der Waals surface area (Å²) in [5, 5.41) is 10.2. The number of hydrogen-bond donors (Lipinski definition) is 0. The topological polar surface area (TPSA) is 28.7 Å². The van der Waals surface area contributed by atoms with Gasteiger partial charge in [-0.15, -0.1) is 0 Å². The summed E-state index contributed by atoms with van der Waals surface area (Å²) in [6.45, 7) is 0. The molecule has 0 unspecified atom stereocenters. The summed E-state index contributed by atoms with van der Waals surface area (Å²) in [7, 11) is 0. The fourth-order valence-corrected chi connectivity index (χ4v) is 3.28. The molecule has 0 aliphatic carbocycles. The van der Waals surface area contributed by atoms with Gasteiger partial charge in [-0.25, -0.2) is 0 Å². The van der Waals surface area contributed by atoms with Gasteiger partial charge in [0, 0.05) is 22.7 Å². The summed E-state index contributed by atoms with van der Waals surface area (Å²) in [6, 6.07) is 31.1. The minimum absolute atomic E-state index is 1.06. The normalized spacial score (nSPS) is 11.0. The van der Waals surface area contributed by atoms with Gasteiger partial charge < -0.3 is 4.57 Å². The molecule has 2 nitrogen and oxygen atoms in total. The molecule has 2 heteroatoms. The van der Waals surface area contributed by atoms with E-state index in [0.29, 0.717) is 0 Å². The highest BCUT2D eigenvalue weighted by Gasteiger charge is 2.17. The van der Waals surface area contributed by atoms with Gasteiger partial charge in [0.15, 0.2) is 0 Å². The average Bonchev–Trinajstić information content (AvgIpc) is 3.02. The SMILES string of the molecule is N#CC=Cc1c(-c2ccccc2)n(-c2ccccc2)c2ccccc12. The molecule has 0 fully saturated rings. The Morgan fingerprint density at radius 2 is 1.40 bits per heavy atom. The number of benzene rings is 3. The lowest BCUT2D eigenvalue weighted by atomic mass is 10.0. The molecule has 4 rings (SSSR count). The van der Waals surface area contributed by atoms with E-state index in [0.717, 1.165) is 33.4 Å². The second-order valence-electron chi connectivity index (χ2n) is 5.78. The average molecular weight is 320 g/mol. The number of rotatable bonds is 3. The highest BCUT2D eigenvalue weighted by atomic mass is 15.0. The van der Waals surface area contributed by atoms with Crippen molar-refractivity contribution in [2.75, 3.05) is 0 Å². The van der Waals surface area contributed by atoms with E-state index in [1.165, 1.54) is 0 Å². The molecule has 0 saturated heterocycles. The molecule has 0 bridgehead atoms. The van der Waals surface area contributed by atoms with E-state index in [4.69, 9.17) is 5.26 Å². The highest BCUT2D eigenvalue weighted by Crippen LogP contribution is 2.37. The Bertz CT molecular complexity index is 1080. The molecule has 3 aromatic carbocycles. The summed E-state index contributed by atoms with van der Waals surface area (Å²) in [4.78, 5) is 0. The molecular formula is C23H16N2. The van der Waals surface area contributed by atoms with E-state index in [2.05, 4.69) is 47.0 Å². The summed E-state index contributed by atoms with van der Waals surface area (Å²) in [5.41, 5.74) is 5.52. The van der Waals surface area contributed by atoms with Crippen LogP contribution in [0.1, 0.15) is 5.56 Å². The fourth-order valence-electron chi connectivity index (χ4n) is 3.28. The Morgan fingerprint density at radius 3 is 2.12 bits per heavy atom. The largest absolute Gasteiger partial charge is 0.309 e. The fraction of sp³-hybridized carbons (Fsp3) is 0. The summed E-state index contributed by atoms with van der Waals surface area (Å²) >= 11 is 0. The lowest BCUT2D eigenvalue weighted by Crippen LogP contribution is -1.97. The molecule has 118 valence electrons. The van der Waals surface area contributed by atoms with E-state index in [-0.39, 0.29) is 0 Å². The Morgan fingerprint density at radius 1 is 0.760 bits per heavy atom. The zero-order valence-corrected chi connectivity index (χ0v) is 13.6. The van der Waals surface area contributed by atoms with Crippen LogP contribution in [0.25, 0.3) is 33.9 Å². The summed E-state index contributed by atoms with van der Waals surface area (Å²) in [5.74, 6) is 0. The lowest BCUT2D eigenvalue weighted by molar-refractivity contribution is 1.13. The molecule has 25 heavy (non-hydrogen) atoms. The lowest BCUT2D eigenvalue weighted by Gasteiger charge is -2.12. The molecule has 1 aromatic heterocycles. The first-order chi connectivity index (χ1) is 12.4. The first-order valence-corrected chi connectivity index (χ1v) is 8.20. The van der Waals surface area contributed by atoms with Gasteiger partial charge in [0.1, 0.15) is 0 Å². The first kappa shape index (κ1) is 15.0. The van der Waals surface area contributed by atoms with Crippen molar-refractivity contribution in [1.29, 1.82) is 5.26 Å². The third-order valence-corrected chi connectivity index (χ3v) is 4.30. The Balaban J connectivity index is 2.16. The zero-order valence-electron chi connectivity index (χ0n) is 13.6. The van der Waals surface area contributed by atoms with Gasteiger partial charge in [0.05, 0.1) is 17.3 Å². The van der Waals surface area contributed by atoms with E-state index in [1.54, 1.807) is 6.08 Å². The van der Waals surface area contributed by atoms with Crippen LogP contribution in [-0.2, 0) is 0 Å². The van der Waals surface area contributed by atoms with E-state index < -0.39 is 0 Å². The second kappa shape index (κ2) is 6.51. The maximum Gasteiger partial charge on any atom is 0.0912 e. The zero-order chi connectivity index (χ0) is 17.1. The smallest absolute Gasteiger partial charge is 0.0912 e. The van der Waals surface area contributed by atoms with Gasteiger partial charge in [-0.2, -0.15) is 5.26 Å². The Hall–Kier alpha value is -3.57. The van der Waals surface area contributed by atoms with Crippen LogP contribution in [-0.4, -0.2) is 4.57 Å². The number of fused-ring (bicyclic) bond motifs is 1. The predicted octanol–water partition coefficient (Wildman–Crippen LogP) is 5.83. The van der Waals surface area contributed by atoms with Gasteiger partial charge in [-0.1, -0.05) is 66.7 Å². The van der Waals surface area contributed by atoms with Crippen LogP contribution in [0.5, 0.6) is 0 Å². The Kier molecular flexibility index (Phi) is 3.90. The monoisotopic (exact) mass is 320 g/mol. The van der Waals surface area contributed by atoms with Crippen molar-refractivity contribution in [2.24, 2.45) is 0 Å². The predicted molar refractivity (Wildman–Crippen MR) is 103 cm³/mol. The molecule has 0 radical (unpaired) electrons. The summed E-state index contributed by atoms with van der Waals surface area (Å²) in [6.07, 6.45) is 3.45. The minimum Gasteiger partial charge on any atom is -0.309 e. The van der Waals surface area contributed by atoms with Crippen LogP contribution >= 0.6 is 0 Å². The van der Waals surface area contributed by atoms with Crippen LogP contribution in [0, 0.1) is 11.3 Å². The van der Waals surface area contributed by atoms with Crippen molar-refractivity contribution < 1.29 is 0 Å². The number of nitriles is 1. The maximum atomic E-state index is 9.04. The number of aromatic nitrogens is 1. The highest BCUT2D eigenvalue weighted by molar-refractivity contribution is 5.99. The van der Waals surface area contributed by atoms with Gasteiger partial charge in [0.2, 0.25) is 0 Å². The van der Waals surface area contributed by atoms with Crippen molar-refractivity contribution in [1.82, 2.24) is 4.57 Å². The third kappa shape index (κ3) is 2.62. The minimum atomic E-state index is 1.06. The van der Waals surface area contributed by atoms with Crippen LogP contribution in [0.2, 0.25) is 0 Å². The van der Waals surface area contributed by atoms with Crippen molar-refractivity contribution in [2.45, 2.75) is 0 Å². The van der Waals surface area contributed by atoms with Crippen LogP contribution in [0.4, 0.5) is 0 Å². The third-order valence-electron chi connectivity index (χ3n) is 4.30. The van der Waals surface area contributed by atoms with Crippen LogP contribution in [0.15, 0.2) is 91.0 Å². The molecule has 0 aliphatic heterocycles. The van der Waals surface area contributed by atoms with E-state index in [1.807, 2.05) is 54.6 Å². The molecule has 0 aliphatic rings. The number of allylic oxidation sites excluding steroid dienone is 1. The first-order valence-electron chi connectivity index (χ1n) is 8.20. The van der Waals surface area contributed by atoms with Crippen molar-refractivity contribution in [3.8, 4) is 23.0 Å². The second-order valence-corrected chi connectivity index (χ2v) is 5.78. The number of para-hydroxylation sites is 2. The van der Waals surface area contributed by atoms with Gasteiger partial charge in [-0.05, 0) is 29.8 Å².